The first kappa shape index (κ1) is 16.9. The summed E-state index contributed by atoms with van der Waals surface area (Å²) in [5, 5.41) is 8.21. The first-order valence-electron chi connectivity index (χ1n) is 7.90. The molecule has 1 unspecified atom stereocenters. The minimum Gasteiger partial charge on any atom is -0.350 e. The zero-order valence-electron chi connectivity index (χ0n) is 13.2. The molecule has 2 heterocycles. The number of likely N-dealkylation sites (N-methyl/N-ethyl adjacent to an activating group) is 1. The number of hydrogen-bond donors (Lipinski definition) is 1. The van der Waals surface area contributed by atoms with Gasteiger partial charge >= 0.3 is 0 Å². The molecule has 1 N–H and O–H groups in total. The monoisotopic (exact) mass is 359 g/mol. The maximum absolute atomic E-state index is 5.58. The van der Waals surface area contributed by atoms with Crippen molar-refractivity contribution in [3.8, 4) is 0 Å². The van der Waals surface area contributed by atoms with Crippen LogP contribution in [0.2, 0.25) is 0 Å². The molecular weight excluding hydrogens is 334 g/mol. The van der Waals surface area contributed by atoms with E-state index < -0.39 is 0 Å². The van der Waals surface area contributed by atoms with Gasteiger partial charge in [-0.2, -0.15) is 5.10 Å². The molecule has 6 heteroatoms. The summed E-state index contributed by atoms with van der Waals surface area (Å²) in [5.74, 6) is 0. The van der Waals surface area contributed by atoms with Gasteiger partial charge in [-0.3, -0.25) is 4.68 Å². The molecule has 0 saturated carbocycles. The van der Waals surface area contributed by atoms with Crippen molar-refractivity contribution in [1.82, 2.24) is 15.1 Å². The zero-order valence-corrected chi connectivity index (χ0v) is 14.8. The van der Waals surface area contributed by atoms with Gasteiger partial charge in [0.05, 0.1) is 29.1 Å². The number of aromatic nitrogens is 2. The molecule has 1 saturated heterocycles. The molecule has 0 spiro atoms. The highest BCUT2D eigenvalue weighted by Crippen LogP contribution is 2.25. The average Bonchev–Trinajstić information content (AvgIpc) is 3.08. The predicted molar refractivity (Wildman–Crippen MR) is 86.5 cm³/mol. The number of rotatable bonds is 8. The molecule has 1 aliphatic heterocycles. The molecule has 21 heavy (non-hydrogen) atoms. The van der Waals surface area contributed by atoms with Crippen LogP contribution in [0.5, 0.6) is 0 Å². The van der Waals surface area contributed by atoms with Crippen LogP contribution in [0.25, 0.3) is 0 Å². The van der Waals surface area contributed by atoms with Gasteiger partial charge in [0.25, 0.3) is 0 Å². The first-order chi connectivity index (χ1) is 10.2. The van der Waals surface area contributed by atoms with E-state index in [9.17, 15) is 0 Å². The SMILES string of the molecule is CCNC(Cc1c(Br)c(CC)nn1CC)CC1OCCO1. The summed E-state index contributed by atoms with van der Waals surface area (Å²) in [5.41, 5.74) is 2.40. The van der Waals surface area contributed by atoms with E-state index in [0.29, 0.717) is 19.3 Å². The van der Waals surface area contributed by atoms with Gasteiger partial charge in [-0.1, -0.05) is 13.8 Å². The fourth-order valence-corrected chi connectivity index (χ4v) is 3.48. The lowest BCUT2D eigenvalue weighted by Gasteiger charge is -2.21. The summed E-state index contributed by atoms with van der Waals surface area (Å²) in [6.07, 6.45) is 2.67. The van der Waals surface area contributed by atoms with Crippen molar-refractivity contribution >= 4 is 15.9 Å². The predicted octanol–water partition coefficient (Wildman–Crippen LogP) is 2.51. The molecule has 1 aromatic heterocycles. The lowest BCUT2D eigenvalue weighted by Crippen LogP contribution is -2.35. The quantitative estimate of drug-likeness (QED) is 0.774. The van der Waals surface area contributed by atoms with Crippen molar-refractivity contribution in [1.29, 1.82) is 0 Å². The van der Waals surface area contributed by atoms with Gasteiger partial charge in [0.2, 0.25) is 0 Å². The highest BCUT2D eigenvalue weighted by molar-refractivity contribution is 9.10. The summed E-state index contributed by atoms with van der Waals surface area (Å²) in [4.78, 5) is 0. The normalized spacial score (nSPS) is 17.5. The Morgan fingerprint density at radius 2 is 2.05 bits per heavy atom. The van der Waals surface area contributed by atoms with Crippen LogP contribution < -0.4 is 5.32 Å². The number of nitrogens with zero attached hydrogens (tertiary/aromatic N) is 2. The smallest absolute Gasteiger partial charge is 0.159 e. The van der Waals surface area contributed by atoms with Crippen molar-refractivity contribution in [2.24, 2.45) is 0 Å². The zero-order chi connectivity index (χ0) is 15.2. The van der Waals surface area contributed by atoms with E-state index in [4.69, 9.17) is 9.47 Å². The number of ether oxygens (including phenoxy) is 2. The molecule has 0 aliphatic carbocycles. The molecule has 1 aromatic rings. The minimum atomic E-state index is -0.0727. The van der Waals surface area contributed by atoms with E-state index in [1.54, 1.807) is 0 Å². The fourth-order valence-electron chi connectivity index (χ4n) is 2.75. The van der Waals surface area contributed by atoms with Crippen LogP contribution in [0.3, 0.4) is 0 Å². The second-order valence-electron chi connectivity index (χ2n) is 5.24. The van der Waals surface area contributed by atoms with Crippen LogP contribution >= 0.6 is 15.9 Å². The lowest BCUT2D eigenvalue weighted by molar-refractivity contribution is -0.0526. The minimum absolute atomic E-state index is 0.0727. The van der Waals surface area contributed by atoms with Crippen LogP contribution in [0.4, 0.5) is 0 Å². The third-order valence-corrected chi connectivity index (χ3v) is 4.71. The average molecular weight is 360 g/mol. The standard InChI is InChI=1S/C15H26BrN3O2/c1-4-12-15(16)13(19(6-3)18-12)9-11(17-5-2)10-14-20-7-8-21-14/h11,14,17H,4-10H2,1-3H3. The van der Waals surface area contributed by atoms with Gasteiger partial charge in [0.15, 0.2) is 6.29 Å². The van der Waals surface area contributed by atoms with E-state index in [1.165, 1.54) is 5.69 Å². The molecule has 0 radical (unpaired) electrons. The van der Waals surface area contributed by atoms with Gasteiger partial charge in [0, 0.05) is 25.4 Å². The molecule has 0 amide bonds. The number of halogens is 1. The molecule has 1 atom stereocenters. The van der Waals surface area contributed by atoms with E-state index in [-0.39, 0.29) is 6.29 Å². The Balaban J connectivity index is 2.09. The van der Waals surface area contributed by atoms with Crippen LogP contribution in [0, 0.1) is 0 Å². The Kier molecular flexibility index (Phi) is 6.67. The molecule has 1 fully saturated rings. The highest BCUT2D eigenvalue weighted by Gasteiger charge is 2.24. The Labute approximate surface area is 135 Å². The molecular formula is C15H26BrN3O2. The summed E-state index contributed by atoms with van der Waals surface area (Å²) in [7, 11) is 0. The summed E-state index contributed by atoms with van der Waals surface area (Å²) < 4.78 is 14.4. The van der Waals surface area contributed by atoms with E-state index in [0.717, 1.165) is 42.5 Å². The Bertz CT molecular complexity index is 444. The Morgan fingerprint density at radius 3 is 2.62 bits per heavy atom. The molecule has 0 bridgehead atoms. The second kappa shape index (κ2) is 8.27. The summed E-state index contributed by atoms with van der Waals surface area (Å²) in [6, 6.07) is 0.334. The first-order valence-corrected chi connectivity index (χ1v) is 8.69. The summed E-state index contributed by atoms with van der Waals surface area (Å²) >= 11 is 3.72. The third kappa shape index (κ3) is 4.28. The van der Waals surface area contributed by atoms with Gasteiger partial charge in [-0.25, -0.2) is 0 Å². The van der Waals surface area contributed by atoms with E-state index >= 15 is 0 Å². The topological polar surface area (TPSA) is 48.3 Å². The largest absolute Gasteiger partial charge is 0.350 e. The third-order valence-electron chi connectivity index (χ3n) is 3.79. The van der Waals surface area contributed by atoms with Crippen molar-refractivity contribution < 1.29 is 9.47 Å². The van der Waals surface area contributed by atoms with Crippen LogP contribution in [0.1, 0.15) is 38.6 Å². The number of nitrogens with one attached hydrogen (secondary N) is 1. The van der Waals surface area contributed by atoms with Gasteiger partial charge in [-0.05, 0) is 35.8 Å². The number of hydrogen-bond acceptors (Lipinski definition) is 4. The molecule has 2 rings (SSSR count). The Hall–Kier alpha value is -0.430. The molecule has 120 valence electrons. The van der Waals surface area contributed by atoms with Gasteiger partial charge < -0.3 is 14.8 Å². The van der Waals surface area contributed by atoms with Crippen molar-refractivity contribution in [3.05, 3.63) is 15.9 Å². The molecule has 5 nitrogen and oxygen atoms in total. The van der Waals surface area contributed by atoms with Crippen LogP contribution in [0.15, 0.2) is 4.47 Å². The maximum atomic E-state index is 5.58. The fraction of sp³-hybridized carbons (Fsp3) is 0.800. The Morgan fingerprint density at radius 1 is 1.33 bits per heavy atom. The van der Waals surface area contributed by atoms with E-state index in [2.05, 4.69) is 51.8 Å². The van der Waals surface area contributed by atoms with E-state index in [1.807, 2.05) is 0 Å². The maximum Gasteiger partial charge on any atom is 0.159 e. The van der Waals surface area contributed by atoms with Gasteiger partial charge in [-0.15, -0.1) is 0 Å². The number of aryl methyl sites for hydroxylation is 2. The molecule has 0 aromatic carbocycles. The molecule has 1 aliphatic rings. The van der Waals surface area contributed by atoms with Crippen molar-refractivity contribution in [3.63, 3.8) is 0 Å². The summed E-state index contributed by atoms with van der Waals surface area (Å²) in [6.45, 7) is 9.65. The van der Waals surface area contributed by atoms with Crippen molar-refractivity contribution in [2.45, 2.75) is 58.9 Å². The van der Waals surface area contributed by atoms with Crippen molar-refractivity contribution in [2.75, 3.05) is 19.8 Å². The highest BCUT2D eigenvalue weighted by atomic mass is 79.9. The van der Waals surface area contributed by atoms with Crippen LogP contribution in [-0.4, -0.2) is 41.9 Å². The van der Waals surface area contributed by atoms with Crippen LogP contribution in [-0.2, 0) is 28.9 Å². The second-order valence-corrected chi connectivity index (χ2v) is 6.04. The lowest BCUT2D eigenvalue weighted by atomic mass is 10.1. The van der Waals surface area contributed by atoms with Gasteiger partial charge in [0.1, 0.15) is 0 Å².